The monoisotopic (exact) mass is 368 g/mol. The molecule has 6 nitrogen and oxygen atoms in total. The van der Waals surface area contributed by atoms with E-state index in [0.29, 0.717) is 6.54 Å². The van der Waals surface area contributed by atoms with Gasteiger partial charge in [-0.1, -0.05) is 29.8 Å². The van der Waals surface area contributed by atoms with Crippen LogP contribution in [0.3, 0.4) is 0 Å². The Morgan fingerprint density at radius 1 is 1.33 bits per heavy atom. The van der Waals surface area contributed by atoms with Crippen molar-refractivity contribution in [3.63, 3.8) is 0 Å². The Labute approximate surface area is 160 Å². The fraction of sp³-hybridized carbons (Fsp3) is 0.429. The van der Waals surface area contributed by atoms with Gasteiger partial charge in [-0.3, -0.25) is 0 Å². The van der Waals surface area contributed by atoms with Crippen LogP contribution in [0.4, 0.5) is 4.79 Å². The Bertz CT molecular complexity index is 797. The SMILES string of the molecule is COc1ccccc1C(NC(=O)NCCC1=CCCCC1)c1nccn1C. The number of nitrogens with one attached hydrogen (secondary N) is 2. The van der Waals surface area contributed by atoms with Crippen LogP contribution >= 0.6 is 0 Å². The Balaban J connectivity index is 1.69. The van der Waals surface area contributed by atoms with Crippen LogP contribution in [-0.2, 0) is 7.05 Å². The zero-order chi connectivity index (χ0) is 19.1. The fourth-order valence-corrected chi connectivity index (χ4v) is 3.49. The van der Waals surface area contributed by atoms with Crippen molar-refractivity contribution in [3.05, 3.63) is 59.7 Å². The molecule has 27 heavy (non-hydrogen) atoms. The molecule has 1 unspecified atom stereocenters. The number of imidazole rings is 1. The van der Waals surface area contributed by atoms with Crippen LogP contribution in [0.15, 0.2) is 48.3 Å². The van der Waals surface area contributed by atoms with Crippen LogP contribution < -0.4 is 15.4 Å². The van der Waals surface area contributed by atoms with Crippen molar-refractivity contribution in [2.75, 3.05) is 13.7 Å². The summed E-state index contributed by atoms with van der Waals surface area (Å²) in [6.07, 6.45) is 11.7. The first-order valence-electron chi connectivity index (χ1n) is 9.51. The molecule has 0 bridgehead atoms. The van der Waals surface area contributed by atoms with Crippen molar-refractivity contribution in [3.8, 4) is 5.75 Å². The number of amides is 2. The lowest BCUT2D eigenvalue weighted by atomic mass is 9.97. The third kappa shape index (κ3) is 4.90. The van der Waals surface area contributed by atoms with Gasteiger partial charge in [-0.2, -0.15) is 0 Å². The Morgan fingerprint density at radius 2 is 2.19 bits per heavy atom. The van der Waals surface area contributed by atoms with E-state index in [1.54, 1.807) is 13.3 Å². The molecular weight excluding hydrogens is 340 g/mol. The molecule has 2 amide bonds. The molecule has 0 aliphatic heterocycles. The van der Waals surface area contributed by atoms with Gasteiger partial charge in [-0.25, -0.2) is 9.78 Å². The van der Waals surface area contributed by atoms with E-state index in [1.165, 1.54) is 18.4 Å². The number of hydrogen-bond acceptors (Lipinski definition) is 3. The zero-order valence-corrected chi connectivity index (χ0v) is 16.1. The lowest BCUT2D eigenvalue weighted by Crippen LogP contribution is -2.39. The molecule has 0 fully saturated rings. The molecule has 6 heteroatoms. The zero-order valence-electron chi connectivity index (χ0n) is 16.1. The highest BCUT2D eigenvalue weighted by atomic mass is 16.5. The number of aryl methyl sites for hydroxylation is 1. The summed E-state index contributed by atoms with van der Waals surface area (Å²) in [5.41, 5.74) is 2.33. The van der Waals surface area contributed by atoms with E-state index in [1.807, 2.05) is 42.1 Å². The van der Waals surface area contributed by atoms with E-state index in [2.05, 4.69) is 21.7 Å². The van der Waals surface area contributed by atoms with Crippen molar-refractivity contribution in [1.29, 1.82) is 0 Å². The number of rotatable bonds is 7. The van der Waals surface area contributed by atoms with Crippen LogP contribution in [-0.4, -0.2) is 29.2 Å². The first-order chi connectivity index (χ1) is 13.2. The summed E-state index contributed by atoms with van der Waals surface area (Å²) < 4.78 is 7.40. The number of aromatic nitrogens is 2. The first kappa shape index (κ1) is 19.0. The number of allylic oxidation sites excluding steroid dienone is 1. The normalized spacial score (nSPS) is 15.0. The standard InChI is InChI=1S/C21H28N4O2/c1-25-15-14-22-20(25)19(17-10-6-7-11-18(17)27-2)24-21(26)23-13-12-16-8-4-3-5-9-16/h6-8,10-11,14-15,19H,3-5,9,12-13H2,1-2H3,(H2,23,24,26). The van der Waals surface area contributed by atoms with Crippen molar-refractivity contribution in [2.45, 2.75) is 38.1 Å². The highest BCUT2D eigenvalue weighted by Gasteiger charge is 2.23. The minimum Gasteiger partial charge on any atom is -0.496 e. The molecule has 1 heterocycles. The molecule has 2 N–H and O–H groups in total. The number of hydrogen-bond donors (Lipinski definition) is 2. The summed E-state index contributed by atoms with van der Waals surface area (Å²) in [4.78, 5) is 17.0. The number of para-hydroxylation sites is 1. The fourth-order valence-electron chi connectivity index (χ4n) is 3.49. The van der Waals surface area contributed by atoms with E-state index in [0.717, 1.165) is 36.4 Å². The summed E-state index contributed by atoms with van der Waals surface area (Å²) in [5.74, 6) is 1.47. The van der Waals surface area contributed by atoms with Gasteiger partial charge in [-0.15, -0.1) is 0 Å². The van der Waals surface area contributed by atoms with Crippen LogP contribution in [0.5, 0.6) is 5.75 Å². The van der Waals surface area contributed by atoms with Crippen LogP contribution in [0.2, 0.25) is 0 Å². The number of urea groups is 1. The maximum absolute atomic E-state index is 12.6. The molecule has 1 aromatic heterocycles. The molecule has 144 valence electrons. The van der Waals surface area contributed by atoms with Gasteiger partial charge >= 0.3 is 6.03 Å². The van der Waals surface area contributed by atoms with E-state index < -0.39 is 6.04 Å². The molecule has 1 aromatic carbocycles. The maximum Gasteiger partial charge on any atom is 0.315 e. The lowest BCUT2D eigenvalue weighted by molar-refractivity contribution is 0.238. The average molecular weight is 368 g/mol. The molecular formula is C21H28N4O2. The number of benzene rings is 1. The van der Waals surface area contributed by atoms with Crippen LogP contribution in [0.1, 0.15) is 49.5 Å². The predicted molar refractivity (Wildman–Crippen MR) is 106 cm³/mol. The summed E-state index contributed by atoms with van der Waals surface area (Å²) in [5, 5.41) is 6.04. The summed E-state index contributed by atoms with van der Waals surface area (Å²) >= 11 is 0. The molecule has 1 aliphatic rings. The number of nitrogens with zero attached hydrogens (tertiary/aromatic N) is 2. The number of carbonyl (C=O) groups is 1. The topological polar surface area (TPSA) is 68.2 Å². The highest BCUT2D eigenvalue weighted by molar-refractivity contribution is 5.75. The molecule has 0 saturated heterocycles. The first-order valence-corrected chi connectivity index (χ1v) is 9.51. The third-order valence-electron chi connectivity index (χ3n) is 4.96. The van der Waals surface area contributed by atoms with Crippen molar-refractivity contribution in [1.82, 2.24) is 20.2 Å². The predicted octanol–water partition coefficient (Wildman–Crippen LogP) is 3.71. The summed E-state index contributed by atoms with van der Waals surface area (Å²) in [6, 6.07) is 7.09. The quantitative estimate of drug-likeness (QED) is 0.732. The van der Waals surface area contributed by atoms with Gasteiger partial charge in [0.05, 0.1) is 7.11 Å². The van der Waals surface area contributed by atoms with Crippen molar-refractivity contribution >= 4 is 6.03 Å². The second-order valence-corrected chi connectivity index (χ2v) is 6.83. The van der Waals surface area contributed by atoms with E-state index in [-0.39, 0.29) is 6.03 Å². The van der Waals surface area contributed by atoms with Gasteiger partial charge in [-0.05, 0) is 38.2 Å². The van der Waals surface area contributed by atoms with Gasteiger partial charge in [0.2, 0.25) is 0 Å². The lowest BCUT2D eigenvalue weighted by Gasteiger charge is -2.21. The van der Waals surface area contributed by atoms with Crippen molar-refractivity contribution < 1.29 is 9.53 Å². The van der Waals surface area contributed by atoms with Gasteiger partial charge in [0.25, 0.3) is 0 Å². The van der Waals surface area contributed by atoms with E-state index in [9.17, 15) is 4.79 Å². The Hall–Kier alpha value is -2.76. The number of carbonyl (C=O) groups excluding carboxylic acids is 1. The largest absolute Gasteiger partial charge is 0.496 e. The number of methoxy groups -OCH3 is 1. The minimum atomic E-state index is -0.393. The van der Waals surface area contributed by atoms with E-state index in [4.69, 9.17) is 4.74 Å². The van der Waals surface area contributed by atoms with Gasteiger partial charge in [0.1, 0.15) is 17.6 Å². The van der Waals surface area contributed by atoms with Crippen LogP contribution in [0.25, 0.3) is 0 Å². The second kappa shape index (κ2) is 9.26. The summed E-state index contributed by atoms with van der Waals surface area (Å²) in [6.45, 7) is 0.636. The van der Waals surface area contributed by atoms with Crippen molar-refractivity contribution in [2.24, 2.45) is 7.05 Å². The molecule has 2 aromatic rings. The third-order valence-corrected chi connectivity index (χ3v) is 4.96. The molecule has 1 aliphatic carbocycles. The molecule has 1 atom stereocenters. The number of ether oxygens (including phenoxy) is 1. The Morgan fingerprint density at radius 3 is 2.89 bits per heavy atom. The Kier molecular flexibility index (Phi) is 6.52. The second-order valence-electron chi connectivity index (χ2n) is 6.83. The van der Waals surface area contributed by atoms with Crippen LogP contribution in [0, 0.1) is 0 Å². The van der Waals surface area contributed by atoms with Gasteiger partial charge < -0.3 is 19.9 Å². The smallest absolute Gasteiger partial charge is 0.315 e. The molecule has 0 radical (unpaired) electrons. The highest BCUT2D eigenvalue weighted by Crippen LogP contribution is 2.28. The van der Waals surface area contributed by atoms with Gasteiger partial charge in [0.15, 0.2) is 0 Å². The molecule has 3 rings (SSSR count). The molecule has 0 saturated carbocycles. The van der Waals surface area contributed by atoms with Gasteiger partial charge in [0, 0.05) is 31.5 Å². The average Bonchev–Trinajstić information content (AvgIpc) is 3.12. The maximum atomic E-state index is 12.6. The summed E-state index contributed by atoms with van der Waals surface area (Å²) in [7, 11) is 3.55. The molecule has 0 spiro atoms. The minimum absolute atomic E-state index is 0.203. The van der Waals surface area contributed by atoms with E-state index >= 15 is 0 Å².